The summed E-state index contributed by atoms with van der Waals surface area (Å²) in [6.45, 7) is 5.59. The predicted molar refractivity (Wildman–Crippen MR) is 81.4 cm³/mol. The maximum atomic E-state index is 11.6. The molecule has 2 rings (SSSR count). The number of aromatic nitrogens is 3. The quantitative estimate of drug-likeness (QED) is 0.717. The Morgan fingerprint density at radius 2 is 2.00 bits per heavy atom. The van der Waals surface area contributed by atoms with Crippen molar-refractivity contribution in [3.63, 3.8) is 0 Å². The lowest BCUT2D eigenvalue weighted by atomic mass is 10.1. The number of carbonyl (C=O) groups is 1. The molecular formula is C15H21N5O. The highest BCUT2D eigenvalue weighted by molar-refractivity contribution is 5.78. The van der Waals surface area contributed by atoms with Crippen molar-refractivity contribution >= 4 is 5.91 Å². The summed E-state index contributed by atoms with van der Waals surface area (Å²) in [5.74, 6) is 0.447. The first-order valence-corrected chi connectivity index (χ1v) is 7.09. The van der Waals surface area contributed by atoms with E-state index in [0.29, 0.717) is 19.0 Å². The Labute approximate surface area is 124 Å². The fourth-order valence-corrected chi connectivity index (χ4v) is 1.88. The van der Waals surface area contributed by atoms with Gasteiger partial charge in [-0.1, -0.05) is 44.2 Å². The molecule has 0 atom stereocenters. The first-order valence-electron chi connectivity index (χ1n) is 7.09. The highest BCUT2D eigenvalue weighted by Crippen LogP contribution is 2.18. The van der Waals surface area contributed by atoms with Crippen LogP contribution in [0.3, 0.4) is 0 Å². The predicted octanol–water partition coefficient (Wildman–Crippen LogP) is 1.33. The average Bonchev–Trinajstić information content (AvgIpc) is 2.94. The van der Waals surface area contributed by atoms with Crippen molar-refractivity contribution in [1.29, 1.82) is 0 Å². The number of hydrogen-bond donors (Lipinski definition) is 3. The molecule has 0 fully saturated rings. The van der Waals surface area contributed by atoms with Crippen LogP contribution in [0.25, 0.3) is 11.3 Å². The average molecular weight is 287 g/mol. The van der Waals surface area contributed by atoms with Crippen molar-refractivity contribution in [2.45, 2.75) is 20.4 Å². The maximum absolute atomic E-state index is 11.6. The van der Waals surface area contributed by atoms with Gasteiger partial charge in [-0.15, -0.1) is 0 Å². The van der Waals surface area contributed by atoms with Gasteiger partial charge in [-0.2, -0.15) is 15.4 Å². The second-order valence-corrected chi connectivity index (χ2v) is 5.29. The minimum atomic E-state index is -0.00606. The second kappa shape index (κ2) is 7.54. The van der Waals surface area contributed by atoms with E-state index in [9.17, 15) is 4.79 Å². The van der Waals surface area contributed by atoms with E-state index in [1.807, 2.05) is 30.3 Å². The van der Waals surface area contributed by atoms with Crippen LogP contribution in [0.1, 0.15) is 19.5 Å². The molecule has 1 aromatic heterocycles. The standard InChI is InChI=1S/C15H21N5O/c1-11(2)8-17-14(21)10-16-9-13-15(19-20-18-13)12-6-4-3-5-7-12/h3-7,11,16H,8-10H2,1-2H3,(H,17,21)(H,18,19,20). The Morgan fingerprint density at radius 1 is 1.24 bits per heavy atom. The molecule has 1 aromatic carbocycles. The van der Waals surface area contributed by atoms with Gasteiger partial charge in [0.15, 0.2) is 0 Å². The van der Waals surface area contributed by atoms with Crippen molar-refractivity contribution in [1.82, 2.24) is 26.0 Å². The number of H-pyrrole nitrogens is 1. The number of carbonyl (C=O) groups excluding carboxylic acids is 1. The summed E-state index contributed by atoms with van der Waals surface area (Å²) in [4.78, 5) is 11.6. The minimum Gasteiger partial charge on any atom is -0.355 e. The molecule has 112 valence electrons. The number of hydrogen-bond acceptors (Lipinski definition) is 4. The van der Waals surface area contributed by atoms with Gasteiger partial charge < -0.3 is 10.6 Å². The normalized spacial score (nSPS) is 10.8. The third-order valence-electron chi connectivity index (χ3n) is 2.95. The SMILES string of the molecule is CC(C)CNC(=O)CNCc1n[nH]nc1-c1ccccc1. The van der Waals surface area contributed by atoms with E-state index in [4.69, 9.17) is 0 Å². The van der Waals surface area contributed by atoms with Gasteiger partial charge >= 0.3 is 0 Å². The molecule has 0 bridgehead atoms. The molecule has 0 aliphatic rings. The van der Waals surface area contributed by atoms with E-state index >= 15 is 0 Å². The zero-order chi connectivity index (χ0) is 15.1. The van der Waals surface area contributed by atoms with Gasteiger partial charge in [0.2, 0.25) is 5.91 Å². The Kier molecular flexibility index (Phi) is 5.45. The van der Waals surface area contributed by atoms with Crippen molar-refractivity contribution in [3.8, 4) is 11.3 Å². The molecule has 0 aliphatic carbocycles. The van der Waals surface area contributed by atoms with Crippen LogP contribution in [0, 0.1) is 5.92 Å². The molecule has 0 unspecified atom stereocenters. The van der Waals surface area contributed by atoms with Crippen LogP contribution in [0.15, 0.2) is 30.3 Å². The third-order valence-corrected chi connectivity index (χ3v) is 2.95. The Balaban J connectivity index is 1.85. The van der Waals surface area contributed by atoms with Crippen LogP contribution in [0.5, 0.6) is 0 Å². The Hall–Kier alpha value is -2.21. The molecule has 0 spiro atoms. The van der Waals surface area contributed by atoms with E-state index in [1.54, 1.807) is 0 Å². The lowest BCUT2D eigenvalue weighted by Crippen LogP contribution is -2.35. The zero-order valence-corrected chi connectivity index (χ0v) is 12.4. The Bertz CT molecular complexity index is 564. The van der Waals surface area contributed by atoms with Gasteiger partial charge in [0.1, 0.15) is 11.4 Å². The number of nitrogens with zero attached hydrogens (tertiary/aromatic N) is 2. The lowest BCUT2D eigenvalue weighted by Gasteiger charge is -2.08. The van der Waals surface area contributed by atoms with Crippen molar-refractivity contribution in [2.24, 2.45) is 5.92 Å². The first kappa shape index (κ1) is 15.2. The van der Waals surface area contributed by atoms with E-state index in [0.717, 1.165) is 17.0 Å². The summed E-state index contributed by atoms with van der Waals surface area (Å²) in [5, 5.41) is 16.9. The number of benzene rings is 1. The largest absolute Gasteiger partial charge is 0.355 e. The molecule has 6 nitrogen and oxygen atoms in total. The van der Waals surface area contributed by atoms with Crippen LogP contribution in [-0.4, -0.2) is 34.4 Å². The fraction of sp³-hybridized carbons (Fsp3) is 0.400. The minimum absolute atomic E-state index is 0.00606. The molecular weight excluding hydrogens is 266 g/mol. The van der Waals surface area contributed by atoms with Crippen LogP contribution in [-0.2, 0) is 11.3 Å². The molecule has 3 N–H and O–H groups in total. The molecule has 0 saturated carbocycles. The number of aromatic amines is 1. The topological polar surface area (TPSA) is 82.7 Å². The van der Waals surface area contributed by atoms with E-state index in [1.165, 1.54) is 0 Å². The number of amides is 1. The molecule has 1 heterocycles. The fourth-order valence-electron chi connectivity index (χ4n) is 1.88. The summed E-state index contributed by atoms with van der Waals surface area (Å²) >= 11 is 0. The molecule has 1 amide bonds. The van der Waals surface area contributed by atoms with Gasteiger partial charge in [0.25, 0.3) is 0 Å². The molecule has 0 radical (unpaired) electrons. The van der Waals surface area contributed by atoms with Gasteiger partial charge in [-0.3, -0.25) is 4.79 Å². The highest BCUT2D eigenvalue weighted by atomic mass is 16.1. The van der Waals surface area contributed by atoms with Gasteiger partial charge in [-0.25, -0.2) is 0 Å². The zero-order valence-electron chi connectivity index (χ0n) is 12.4. The molecule has 0 saturated heterocycles. The summed E-state index contributed by atoms with van der Waals surface area (Å²) < 4.78 is 0. The Morgan fingerprint density at radius 3 is 2.71 bits per heavy atom. The lowest BCUT2D eigenvalue weighted by molar-refractivity contribution is -0.120. The van der Waals surface area contributed by atoms with Crippen molar-refractivity contribution in [2.75, 3.05) is 13.1 Å². The first-order chi connectivity index (χ1) is 10.2. The maximum Gasteiger partial charge on any atom is 0.233 e. The molecule has 2 aromatic rings. The summed E-state index contributed by atoms with van der Waals surface area (Å²) in [7, 11) is 0. The highest BCUT2D eigenvalue weighted by Gasteiger charge is 2.10. The molecule has 6 heteroatoms. The van der Waals surface area contributed by atoms with Crippen LogP contribution >= 0.6 is 0 Å². The second-order valence-electron chi connectivity index (χ2n) is 5.29. The van der Waals surface area contributed by atoms with Gasteiger partial charge in [-0.05, 0) is 5.92 Å². The van der Waals surface area contributed by atoms with Crippen LogP contribution in [0.4, 0.5) is 0 Å². The van der Waals surface area contributed by atoms with Gasteiger partial charge in [0, 0.05) is 18.7 Å². The van der Waals surface area contributed by atoms with E-state index in [-0.39, 0.29) is 12.5 Å². The number of rotatable bonds is 7. The van der Waals surface area contributed by atoms with Crippen molar-refractivity contribution in [3.05, 3.63) is 36.0 Å². The monoisotopic (exact) mass is 287 g/mol. The summed E-state index contributed by atoms with van der Waals surface area (Å²) in [6, 6.07) is 9.84. The van der Waals surface area contributed by atoms with Crippen molar-refractivity contribution < 1.29 is 4.79 Å². The van der Waals surface area contributed by atoms with E-state index < -0.39 is 0 Å². The molecule has 21 heavy (non-hydrogen) atoms. The smallest absolute Gasteiger partial charge is 0.233 e. The van der Waals surface area contributed by atoms with E-state index in [2.05, 4.69) is 39.9 Å². The van der Waals surface area contributed by atoms with Crippen LogP contribution < -0.4 is 10.6 Å². The summed E-state index contributed by atoms with van der Waals surface area (Å²) in [6.07, 6.45) is 0. The third kappa shape index (κ3) is 4.68. The molecule has 0 aliphatic heterocycles. The van der Waals surface area contributed by atoms with Crippen LogP contribution in [0.2, 0.25) is 0 Å². The summed E-state index contributed by atoms with van der Waals surface area (Å²) in [5.41, 5.74) is 2.62. The number of nitrogens with one attached hydrogen (secondary N) is 3. The van der Waals surface area contributed by atoms with Gasteiger partial charge in [0.05, 0.1) is 6.54 Å².